The first-order valence-corrected chi connectivity index (χ1v) is 12.1. The molecular weight excluding hydrogens is 460 g/mol. The maximum atomic E-state index is 13.5. The molecular formula is C28H32N2O6. The maximum Gasteiger partial charge on any atom is 0.249 e. The summed E-state index contributed by atoms with van der Waals surface area (Å²) in [7, 11) is 0. The van der Waals surface area contributed by atoms with Crippen LogP contribution in [0, 0.1) is 5.92 Å². The van der Waals surface area contributed by atoms with Gasteiger partial charge in [-0.3, -0.25) is 9.59 Å². The highest BCUT2D eigenvalue weighted by Crippen LogP contribution is 2.33. The van der Waals surface area contributed by atoms with Crippen LogP contribution in [0.2, 0.25) is 0 Å². The van der Waals surface area contributed by atoms with Gasteiger partial charge in [0.05, 0.1) is 26.0 Å². The molecule has 1 aliphatic rings. The summed E-state index contributed by atoms with van der Waals surface area (Å²) >= 11 is 0. The molecule has 0 N–H and O–H groups in total. The monoisotopic (exact) mass is 492 g/mol. The minimum atomic E-state index is -0.214. The molecule has 8 heteroatoms. The van der Waals surface area contributed by atoms with Crippen molar-refractivity contribution in [2.75, 3.05) is 26.5 Å². The Balaban J connectivity index is 1.42. The van der Waals surface area contributed by atoms with Gasteiger partial charge in [-0.25, -0.2) is 0 Å². The second-order valence-electron chi connectivity index (χ2n) is 9.16. The Bertz CT molecular complexity index is 1130. The summed E-state index contributed by atoms with van der Waals surface area (Å²) in [5.41, 5.74) is 1.89. The summed E-state index contributed by atoms with van der Waals surface area (Å²) in [4.78, 5) is 29.8. The predicted octanol–water partition coefficient (Wildman–Crippen LogP) is 4.24. The molecule has 0 fully saturated rings. The van der Waals surface area contributed by atoms with E-state index in [9.17, 15) is 9.59 Å². The Kier molecular flexibility index (Phi) is 8.62. The van der Waals surface area contributed by atoms with Crippen molar-refractivity contribution in [1.82, 2.24) is 9.80 Å². The van der Waals surface area contributed by atoms with Crippen LogP contribution in [0.5, 0.6) is 11.5 Å². The second kappa shape index (κ2) is 12.3. The SMILES string of the molecule is CC(C)CN(CC(=O)N(Cc1ccc2c(c1)OCO2)Cc1ccco1)C(=O)COCc1ccccc1. The lowest BCUT2D eigenvalue weighted by molar-refractivity contribution is -0.144. The smallest absolute Gasteiger partial charge is 0.249 e. The van der Waals surface area contributed by atoms with Crippen LogP contribution in [-0.4, -0.2) is 48.1 Å². The van der Waals surface area contributed by atoms with Crippen LogP contribution in [0.15, 0.2) is 71.3 Å². The number of carbonyl (C=O) groups is 2. The number of rotatable bonds is 12. The fraction of sp³-hybridized carbons (Fsp3) is 0.357. The van der Waals surface area contributed by atoms with Gasteiger partial charge >= 0.3 is 0 Å². The predicted molar refractivity (Wildman–Crippen MR) is 133 cm³/mol. The lowest BCUT2D eigenvalue weighted by atomic mass is 10.1. The number of amides is 2. The molecule has 2 aromatic carbocycles. The fourth-order valence-corrected chi connectivity index (χ4v) is 3.96. The third-order valence-corrected chi connectivity index (χ3v) is 5.69. The molecule has 36 heavy (non-hydrogen) atoms. The summed E-state index contributed by atoms with van der Waals surface area (Å²) in [6.07, 6.45) is 1.58. The van der Waals surface area contributed by atoms with Gasteiger partial charge in [0.1, 0.15) is 12.4 Å². The van der Waals surface area contributed by atoms with E-state index in [2.05, 4.69) is 0 Å². The Hall–Kier alpha value is -3.78. The van der Waals surface area contributed by atoms with Crippen LogP contribution in [-0.2, 0) is 34.0 Å². The van der Waals surface area contributed by atoms with E-state index in [-0.39, 0.29) is 44.2 Å². The fourth-order valence-electron chi connectivity index (χ4n) is 3.96. The van der Waals surface area contributed by atoms with E-state index in [0.29, 0.717) is 37.0 Å². The Morgan fingerprint density at radius 2 is 1.69 bits per heavy atom. The molecule has 8 nitrogen and oxygen atoms in total. The topological polar surface area (TPSA) is 81.5 Å². The summed E-state index contributed by atoms with van der Waals surface area (Å²) in [5.74, 6) is 1.81. The zero-order valence-corrected chi connectivity index (χ0v) is 20.7. The van der Waals surface area contributed by atoms with Gasteiger partial charge in [-0.1, -0.05) is 50.2 Å². The molecule has 2 heterocycles. The van der Waals surface area contributed by atoms with Crippen molar-refractivity contribution >= 4 is 11.8 Å². The first kappa shape index (κ1) is 25.3. The number of fused-ring (bicyclic) bond motifs is 1. The zero-order chi connectivity index (χ0) is 25.3. The van der Waals surface area contributed by atoms with Crippen LogP contribution < -0.4 is 9.47 Å². The molecule has 1 aromatic heterocycles. The van der Waals surface area contributed by atoms with Crippen LogP contribution >= 0.6 is 0 Å². The number of hydrogen-bond acceptors (Lipinski definition) is 6. The van der Waals surface area contributed by atoms with Crippen molar-refractivity contribution in [3.8, 4) is 11.5 Å². The van der Waals surface area contributed by atoms with Crippen molar-refractivity contribution in [2.24, 2.45) is 5.92 Å². The molecule has 1 aliphatic heterocycles. The molecule has 190 valence electrons. The van der Waals surface area contributed by atoms with Gasteiger partial charge in [-0.2, -0.15) is 0 Å². The normalized spacial score (nSPS) is 12.1. The van der Waals surface area contributed by atoms with E-state index < -0.39 is 0 Å². The number of ether oxygens (including phenoxy) is 3. The van der Waals surface area contributed by atoms with Crippen molar-refractivity contribution < 1.29 is 28.2 Å². The number of carbonyl (C=O) groups excluding carboxylic acids is 2. The molecule has 3 aromatic rings. The van der Waals surface area contributed by atoms with Crippen molar-refractivity contribution in [1.29, 1.82) is 0 Å². The molecule has 0 unspecified atom stereocenters. The third-order valence-electron chi connectivity index (χ3n) is 5.69. The van der Waals surface area contributed by atoms with E-state index in [1.807, 2.05) is 68.4 Å². The minimum absolute atomic E-state index is 0.0447. The summed E-state index contributed by atoms with van der Waals surface area (Å²) in [6, 6.07) is 18.9. The first-order valence-electron chi connectivity index (χ1n) is 12.1. The van der Waals surface area contributed by atoms with Crippen molar-refractivity contribution in [3.63, 3.8) is 0 Å². The number of benzene rings is 2. The zero-order valence-electron chi connectivity index (χ0n) is 20.7. The second-order valence-corrected chi connectivity index (χ2v) is 9.16. The average molecular weight is 493 g/mol. The highest BCUT2D eigenvalue weighted by Gasteiger charge is 2.24. The van der Waals surface area contributed by atoms with Gasteiger partial charge in [-0.15, -0.1) is 0 Å². The molecule has 0 atom stereocenters. The Morgan fingerprint density at radius 1 is 0.889 bits per heavy atom. The van der Waals surface area contributed by atoms with Gasteiger partial charge in [0, 0.05) is 13.1 Å². The largest absolute Gasteiger partial charge is 0.467 e. The van der Waals surface area contributed by atoms with Crippen molar-refractivity contribution in [2.45, 2.75) is 33.5 Å². The standard InChI is InChI=1S/C28H32N2O6/c1-21(2)14-29(28(32)19-33-18-22-7-4-3-5-8-22)17-27(31)30(16-24-9-6-12-34-24)15-23-10-11-25-26(13-23)36-20-35-25/h3-13,21H,14-20H2,1-2H3. The molecule has 2 amide bonds. The highest BCUT2D eigenvalue weighted by molar-refractivity contribution is 5.85. The maximum absolute atomic E-state index is 13.5. The van der Waals surface area contributed by atoms with Crippen LogP contribution in [0.1, 0.15) is 30.7 Å². The molecule has 0 saturated carbocycles. The highest BCUT2D eigenvalue weighted by atomic mass is 16.7. The lowest BCUT2D eigenvalue weighted by Gasteiger charge is -2.28. The molecule has 4 rings (SSSR count). The number of furan rings is 1. The molecule has 0 saturated heterocycles. The molecule has 0 spiro atoms. The van der Waals surface area contributed by atoms with E-state index >= 15 is 0 Å². The number of hydrogen-bond donors (Lipinski definition) is 0. The Morgan fingerprint density at radius 3 is 2.44 bits per heavy atom. The third kappa shape index (κ3) is 7.11. The Labute approximate surface area is 211 Å². The quantitative estimate of drug-likeness (QED) is 0.376. The van der Waals surface area contributed by atoms with E-state index in [1.54, 1.807) is 22.1 Å². The average Bonchev–Trinajstić information content (AvgIpc) is 3.55. The molecule has 0 bridgehead atoms. The molecule has 0 radical (unpaired) electrons. The first-order chi connectivity index (χ1) is 17.5. The van der Waals surface area contributed by atoms with Gasteiger partial charge < -0.3 is 28.4 Å². The van der Waals surface area contributed by atoms with E-state index in [4.69, 9.17) is 18.6 Å². The van der Waals surface area contributed by atoms with Gasteiger partial charge in [0.2, 0.25) is 18.6 Å². The lowest BCUT2D eigenvalue weighted by Crippen LogP contribution is -2.45. The summed E-state index contributed by atoms with van der Waals surface area (Å²) < 4.78 is 22.0. The van der Waals surface area contributed by atoms with Gasteiger partial charge in [0.25, 0.3) is 0 Å². The van der Waals surface area contributed by atoms with E-state index in [0.717, 1.165) is 11.1 Å². The summed E-state index contributed by atoms with van der Waals surface area (Å²) in [6.45, 7) is 5.51. The molecule has 0 aliphatic carbocycles. The van der Waals surface area contributed by atoms with Gasteiger partial charge in [-0.05, 0) is 41.3 Å². The van der Waals surface area contributed by atoms with Gasteiger partial charge in [0.15, 0.2) is 11.5 Å². The van der Waals surface area contributed by atoms with Crippen LogP contribution in [0.4, 0.5) is 0 Å². The number of nitrogens with zero attached hydrogens (tertiary/aromatic N) is 2. The van der Waals surface area contributed by atoms with E-state index in [1.165, 1.54) is 0 Å². The summed E-state index contributed by atoms with van der Waals surface area (Å²) in [5, 5.41) is 0. The van der Waals surface area contributed by atoms with Crippen LogP contribution in [0.25, 0.3) is 0 Å². The minimum Gasteiger partial charge on any atom is -0.467 e. The van der Waals surface area contributed by atoms with Crippen molar-refractivity contribution in [3.05, 3.63) is 83.8 Å². The van der Waals surface area contributed by atoms with Crippen LogP contribution in [0.3, 0.4) is 0 Å².